The third-order valence-electron chi connectivity index (χ3n) is 9.20. The molecule has 0 unspecified atom stereocenters. The maximum atomic E-state index is 12.5. The molecule has 0 spiro atoms. The zero-order valence-corrected chi connectivity index (χ0v) is 37.2. The fourth-order valence-electron chi connectivity index (χ4n) is 6.27. The van der Waals surface area contributed by atoms with Crippen LogP contribution < -0.4 is 21.7 Å². The second kappa shape index (κ2) is 27.8. The number of amides is 3. The van der Waals surface area contributed by atoms with E-state index in [1.54, 1.807) is 16.9 Å². The Morgan fingerprint density at radius 3 is 1.69 bits per heavy atom. The van der Waals surface area contributed by atoms with Crippen LogP contribution in [-0.2, 0) is 38.4 Å². The molecular weight excluding hydrogens is 783 g/mol. The number of nitrogens with two attached hydrogens (primary N) is 1. The lowest BCUT2D eigenvalue weighted by Gasteiger charge is -2.33. The maximum absolute atomic E-state index is 12.5. The topological polar surface area (TPSA) is 129 Å². The Kier molecular flexibility index (Phi) is 25.5. The van der Waals surface area contributed by atoms with Gasteiger partial charge in [0.1, 0.15) is 0 Å². The Morgan fingerprint density at radius 2 is 1.27 bits per heavy atom. The molecule has 5 N–H and O–H groups in total. The highest BCUT2D eigenvalue weighted by atomic mass is 35.5. The number of rotatable bonds is 11. The molecule has 12 heteroatoms. The van der Waals surface area contributed by atoms with Crippen molar-refractivity contribution in [2.45, 2.75) is 90.8 Å². The number of carbonyl (C=O) groups excluding carboxylic acids is 3. The van der Waals surface area contributed by atoms with Crippen LogP contribution in [0.3, 0.4) is 0 Å². The van der Waals surface area contributed by atoms with Crippen LogP contribution in [0.25, 0.3) is 0 Å². The van der Waals surface area contributed by atoms with E-state index >= 15 is 0 Å². The molecule has 2 aliphatic rings. The molecule has 3 aromatic carbocycles. The first-order valence-electron chi connectivity index (χ1n) is 19.2. The number of benzene rings is 3. The third-order valence-corrected chi connectivity index (χ3v) is 9.20. The third kappa shape index (κ3) is 18.3. The van der Waals surface area contributed by atoms with Crippen molar-refractivity contribution < 1.29 is 19.1 Å². The molecule has 0 aliphatic carbocycles. The summed E-state index contributed by atoms with van der Waals surface area (Å²) in [6.07, 6.45) is 17.7. The first-order chi connectivity index (χ1) is 27.1. The average Bonchev–Trinajstić information content (AvgIpc) is 3.62. The molecule has 0 saturated carbocycles. The molecule has 0 radical (unpaired) electrons. The average molecular weight is 848 g/mol. The van der Waals surface area contributed by atoms with Crippen molar-refractivity contribution in [3.8, 4) is 37.0 Å². The molecule has 2 saturated heterocycles. The van der Waals surface area contributed by atoms with Crippen LogP contribution >= 0.6 is 24.8 Å². The summed E-state index contributed by atoms with van der Waals surface area (Å²) in [5.41, 5.74) is 8.65. The molecule has 59 heavy (non-hydrogen) atoms. The van der Waals surface area contributed by atoms with Crippen LogP contribution in [0.15, 0.2) is 91.0 Å². The molecule has 4 atom stereocenters. The number of nitrogens with zero attached hydrogens (tertiary/aromatic N) is 2. The first kappa shape index (κ1) is 54.2. The van der Waals surface area contributed by atoms with Crippen LogP contribution in [0.4, 0.5) is 0 Å². The Hall–Kier alpha value is -4.83. The highest BCUT2D eigenvalue weighted by Crippen LogP contribution is 2.28. The first-order valence-corrected chi connectivity index (χ1v) is 19.2. The Labute approximate surface area is 366 Å². The summed E-state index contributed by atoms with van der Waals surface area (Å²) in [7, 11) is 1.68. The SMILES string of the molecule is C#CCN1C(=O)[C@H](Cc2ccccc2)NC1(C)C.C#CCN1C(=O)[C@H](Cc2ccccc2)N[C@@H]1C(C)(C)C.C#CCNC(=O)[C@@H](N)Cc1ccccc1.CCOC.Cl.Cl. The van der Waals surface area contributed by atoms with Crippen molar-refractivity contribution in [3.05, 3.63) is 108 Å². The predicted molar refractivity (Wildman–Crippen MR) is 245 cm³/mol. The van der Waals surface area contributed by atoms with Gasteiger partial charge in [0.15, 0.2) is 0 Å². The molecule has 2 heterocycles. The van der Waals surface area contributed by atoms with Crippen LogP contribution in [0.2, 0.25) is 0 Å². The minimum atomic E-state index is -0.541. The van der Waals surface area contributed by atoms with Gasteiger partial charge in [0.2, 0.25) is 17.7 Å². The number of halogens is 2. The summed E-state index contributed by atoms with van der Waals surface area (Å²) in [5.74, 6) is 7.44. The van der Waals surface area contributed by atoms with Crippen molar-refractivity contribution in [2.24, 2.45) is 11.1 Å². The lowest BCUT2D eigenvalue weighted by molar-refractivity contribution is -0.131. The van der Waals surface area contributed by atoms with Gasteiger partial charge in [-0.05, 0) is 62.1 Å². The van der Waals surface area contributed by atoms with E-state index in [1.807, 2.05) is 112 Å². The van der Waals surface area contributed by atoms with E-state index in [1.165, 1.54) is 0 Å². The minimum absolute atomic E-state index is 0. The predicted octanol–water partition coefficient (Wildman–Crippen LogP) is 5.24. The molecule has 3 aromatic rings. The van der Waals surface area contributed by atoms with Gasteiger partial charge in [-0.25, -0.2) is 0 Å². The lowest BCUT2D eigenvalue weighted by Crippen LogP contribution is -2.47. The highest BCUT2D eigenvalue weighted by molar-refractivity contribution is 5.86. The van der Waals surface area contributed by atoms with Gasteiger partial charge in [-0.3, -0.25) is 25.0 Å². The van der Waals surface area contributed by atoms with Crippen molar-refractivity contribution >= 4 is 42.5 Å². The molecule has 0 bridgehead atoms. The van der Waals surface area contributed by atoms with E-state index in [4.69, 9.17) is 25.0 Å². The number of terminal acetylenes is 3. The summed E-state index contributed by atoms with van der Waals surface area (Å²) in [6, 6.07) is 28.8. The Bertz CT molecular complexity index is 1800. The van der Waals surface area contributed by atoms with Gasteiger partial charge < -0.3 is 25.6 Å². The molecule has 2 fully saturated rings. The second-order valence-electron chi connectivity index (χ2n) is 15.2. The van der Waals surface area contributed by atoms with Crippen LogP contribution in [-0.4, -0.2) is 90.8 Å². The maximum Gasteiger partial charge on any atom is 0.242 e. The molecule has 5 rings (SSSR count). The van der Waals surface area contributed by atoms with E-state index < -0.39 is 6.04 Å². The van der Waals surface area contributed by atoms with Crippen molar-refractivity contribution in [3.63, 3.8) is 0 Å². The minimum Gasteiger partial charge on any atom is -0.385 e. The van der Waals surface area contributed by atoms with Gasteiger partial charge in [0.05, 0.1) is 49.6 Å². The summed E-state index contributed by atoms with van der Waals surface area (Å²) in [4.78, 5) is 39.7. The standard InChI is InChI=1S/C17H22N2O.C15H18N2O.C12H14N2O.C3H8O.2ClH/c1-5-11-19-15(20)14(18-16(19)17(2,3)4)12-13-9-7-6-8-10-13;1-4-10-17-14(18)13(16-15(17,2)3)11-12-8-6-5-7-9-12;1-2-8-14-12(15)11(13)9-10-6-4-3-5-7-10;1-3-4-2;;/h1,6-10,14,16,18H,11-12H2,2-4H3;1,5-9,13,16H,10-11H2,2-3H3;1,3-7,11H,8-9,13H2,(H,14,15);3H2,1-2H3;2*1H/t14-,16-;13-;11-;;;/m000.../s1. The van der Waals surface area contributed by atoms with Gasteiger partial charge >= 0.3 is 0 Å². The van der Waals surface area contributed by atoms with Crippen molar-refractivity contribution in [2.75, 3.05) is 33.4 Å². The zero-order valence-electron chi connectivity index (χ0n) is 35.6. The fourth-order valence-corrected chi connectivity index (χ4v) is 6.27. The largest absolute Gasteiger partial charge is 0.385 e. The van der Waals surface area contributed by atoms with Gasteiger partial charge in [0, 0.05) is 13.7 Å². The quantitative estimate of drug-likeness (QED) is 0.195. The summed E-state index contributed by atoms with van der Waals surface area (Å²) < 4.78 is 4.54. The van der Waals surface area contributed by atoms with Crippen LogP contribution in [0, 0.1) is 42.4 Å². The van der Waals surface area contributed by atoms with Gasteiger partial charge in [-0.15, -0.1) is 44.1 Å². The number of hydrogen-bond acceptors (Lipinski definition) is 7. The zero-order chi connectivity index (χ0) is 42.4. The number of ether oxygens (including phenoxy) is 1. The monoisotopic (exact) mass is 846 g/mol. The summed E-state index contributed by atoms with van der Waals surface area (Å²) >= 11 is 0. The number of methoxy groups -OCH3 is 1. The fraction of sp³-hybridized carbons (Fsp3) is 0.426. The van der Waals surface area contributed by atoms with Crippen molar-refractivity contribution in [1.29, 1.82) is 0 Å². The smallest absolute Gasteiger partial charge is 0.242 e. The molecule has 2 aliphatic heterocycles. The van der Waals surface area contributed by atoms with E-state index in [0.29, 0.717) is 32.4 Å². The number of carbonyl (C=O) groups is 3. The second-order valence-corrected chi connectivity index (χ2v) is 15.2. The van der Waals surface area contributed by atoms with E-state index in [2.05, 4.69) is 59.2 Å². The van der Waals surface area contributed by atoms with E-state index in [9.17, 15) is 14.4 Å². The van der Waals surface area contributed by atoms with Crippen LogP contribution in [0.5, 0.6) is 0 Å². The van der Waals surface area contributed by atoms with Gasteiger partial charge in [-0.2, -0.15) is 0 Å². The number of nitrogens with one attached hydrogen (secondary N) is 3. The van der Waals surface area contributed by atoms with Gasteiger partial charge in [0.25, 0.3) is 0 Å². The van der Waals surface area contributed by atoms with E-state index in [0.717, 1.165) is 23.3 Å². The molecule has 10 nitrogen and oxygen atoms in total. The summed E-state index contributed by atoms with van der Waals surface area (Å²) in [6.45, 7) is 14.0. The Balaban J connectivity index is 0.000000810. The number of hydrogen-bond donors (Lipinski definition) is 4. The normalized spacial score (nSPS) is 17.9. The van der Waals surface area contributed by atoms with Gasteiger partial charge in [-0.1, -0.05) is 130 Å². The van der Waals surface area contributed by atoms with Crippen molar-refractivity contribution in [1.82, 2.24) is 25.8 Å². The molecular formula is C47H64Cl2N6O4. The lowest BCUT2D eigenvalue weighted by atomic mass is 9.92. The van der Waals surface area contributed by atoms with E-state index in [-0.39, 0.29) is 78.4 Å². The Morgan fingerprint density at radius 1 is 0.814 bits per heavy atom. The molecule has 3 amide bonds. The highest BCUT2D eigenvalue weighted by Gasteiger charge is 2.44. The molecule has 0 aromatic heterocycles. The molecule has 320 valence electrons. The van der Waals surface area contributed by atoms with Crippen LogP contribution in [0.1, 0.15) is 58.2 Å². The summed E-state index contributed by atoms with van der Waals surface area (Å²) in [5, 5.41) is 9.34.